The number of hydrogen-bond donors (Lipinski definition) is 1. The molecule has 0 heterocycles. The Morgan fingerprint density at radius 3 is 1.40 bits per heavy atom. The molecule has 0 unspecified atom stereocenters. The Morgan fingerprint density at radius 1 is 0.733 bits per heavy atom. The third-order valence-electron chi connectivity index (χ3n) is 4.60. The molecule has 2 fully saturated rings. The van der Waals surface area contributed by atoms with Crippen molar-refractivity contribution in [2.75, 3.05) is 6.26 Å². The zero-order valence-electron chi connectivity index (χ0n) is 10.1. The van der Waals surface area contributed by atoms with Crippen LogP contribution in [0.1, 0.15) is 64.2 Å². The van der Waals surface area contributed by atoms with E-state index in [0.717, 1.165) is 0 Å². The van der Waals surface area contributed by atoms with E-state index in [2.05, 4.69) is 6.26 Å². The minimum atomic E-state index is -1.84. The van der Waals surface area contributed by atoms with Crippen molar-refractivity contribution in [1.82, 2.24) is 0 Å². The molecule has 2 aliphatic rings. The van der Waals surface area contributed by atoms with Crippen molar-refractivity contribution in [1.29, 1.82) is 0 Å². The molecule has 0 amide bonds. The van der Waals surface area contributed by atoms with Gasteiger partial charge >= 0.3 is 0 Å². The van der Waals surface area contributed by atoms with E-state index in [4.69, 9.17) is 0 Å². The van der Waals surface area contributed by atoms with Crippen LogP contribution in [0.25, 0.3) is 0 Å². The molecular formula is C13H26OS. The second kappa shape index (κ2) is 4.99. The molecule has 0 spiro atoms. The summed E-state index contributed by atoms with van der Waals surface area (Å²) >= 11 is 0. The molecule has 2 saturated carbocycles. The van der Waals surface area contributed by atoms with Crippen molar-refractivity contribution in [3.63, 3.8) is 0 Å². The normalized spacial score (nSPS) is 27.8. The number of hydrogen-bond acceptors (Lipinski definition) is 1. The molecule has 15 heavy (non-hydrogen) atoms. The molecule has 0 bridgehead atoms. The summed E-state index contributed by atoms with van der Waals surface area (Å²) in [7, 11) is -1.84. The van der Waals surface area contributed by atoms with Crippen molar-refractivity contribution in [2.24, 2.45) is 0 Å². The largest absolute Gasteiger partial charge is 0.284 e. The maximum Gasteiger partial charge on any atom is 0.0127 e. The maximum absolute atomic E-state index is 12.9. The molecule has 2 rings (SSSR count). The van der Waals surface area contributed by atoms with Crippen molar-refractivity contribution >= 4 is 9.93 Å². The lowest BCUT2D eigenvalue weighted by molar-refractivity contribution is 0.470. The van der Waals surface area contributed by atoms with Gasteiger partial charge in [0.25, 0.3) is 0 Å². The quantitative estimate of drug-likeness (QED) is 0.720. The zero-order valence-corrected chi connectivity index (χ0v) is 11.0. The molecule has 0 aromatic carbocycles. The summed E-state index contributed by atoms with van der Waals surface area (Å²) in [5.74, 6) is 0. The maximum atomic E-state index is 12.9. The highest BCUT2D eigenvalue weighted by Crippen LogP contribution is 2.35. The number of thiol groups is 1. The van der Waals surface area contributed by atoms with E-state index < -0.39 is 9.93 Å². The lowest BCUT2D eigenvalue weighted by atomic mass is 10.00. The van der Waals surface area contributed by atoms with Crippen molar-refractivity contribution in [3.8, 4) is 0 Å². The van der Waals surface area contributed by atoms with Crippen LogP contribution in [0.5, 0.6) is 0 Å². The monoisotopic (exact) mass is 230 g/mol. The summed E-state index contributed by atoms with van der Waals surface area (Å²) in [6.07, 6.45) is 15.2. The summed E-state index contributed by atoms with van der Waals surface area (Å²) in [4.78, 5) is 0. The zero-order chi connectivity index (χ0) is 10.7. The third-order valence-corrected chi connectivity index (χ3v) is 8.53. The van der Waals surface area contributed by atoms with Gasteiger partial charge in [0, 0.05) is 10.5 Å². The Balaban J connectivity index is 1.99. The van der Waals surface area contributed by atoms with Crippen LogP contribution in [0.3, 0.4) is 0 Å². The smallest absolute Gasteiger partial charge is 0.0127 e. The Kier molecular flexibility index (Phi) is 3.87. The molecule has 0 radical (unpaired) electrons. The lowest BCUT2D eigenvalue weighted by Gasteiger charge is -2.39. The van der Waals surface area contributed by atoms with Gasteiger partial charge in [-0.25, -0.2) is 0 Å². The van der Waals surface area contributed by atoms with Crippen LogP contribution in [0.2, 0.25) is 0 Å². The van der Waals surface area contributed by atoms with Gasteiger partial charge in [-0.15, -0.1) is 9.93 Å². The van der Waals surface area contributed by atoms with E-state index in [1.807, 2.05) is 0 Å². The fourth-order valence-electron chi connectivity index (χ4n) is 3.49. The van der Waals surface area contributed by atoms with E-state index in [9.17, 15) is 4.21 Å². The van der Waals surface area contributed by atoms with Crippen LogP contribution in [0, 0.1) is 0 Å². The van der Waals surface area contributed by atoms with E-state index in [1.54, 1.807) is 0 Å². The predicted molar refractivity (Wildman–Crippen MR) is 69.2 cm³/mol. The third kappa shape index (κ3) is 2.64. The van der Waals surface area contributed by atoms with Crippen LogP contribution in [0.15, 0.2) is 0 Å². The first-order chi connectivity index (χ1) is 7.21. The number of rotatable bonds is 2. The Bertz CT molecular complexity index is 215. The summed E-state index contributed by atoms with van der Waals surface area (Å²) in [5, 5.41) is 1.18. The summed E-state index contributed by atoms with van der Waals surface area (Å²) < 4.78 is 12.9. The summed E-state index contributed by atoms with van der Waals surface area (Å²) in [6.45, 7) is 0. The van der Waals surface area contributed by atoms with E-state index >= 15 is 0 Å². The van der Waals surface area contributed by atoms with Gasteiger partial charge in [0.15, 0.2) is 0 Å². The average Bonchev–Trinajstić information content (AvgIpc) is 2.31. The van der Waals surface area contributed by atoms with Crippen molar-refractivity contribution < 1.29 is 4.21 Å². The van der Waals surface area contributed by atoms with E-state index in [-0.39, 0.29) is 0 Å². The summed E-state index contributed by atoms with van der Waals surface area (Å²) in [5.41, 5.74) is 0. The van der Waals surface area contributed by atoms with Crippen LogP contribution in [0.4, 0.5) is 0 Å². The van der Waals surface area contributed by atoms with Crippen LogP contribution >= 0.6 is 0 Å². The van der Waals surface area contributed by atoms with E-state index in [0.29, 0.717) is 10.5 Å². The molecular weight excluding hydrogens is 204 g/mol. The SMILES string of the molecule is C[SH](=O)(C1CCCCC1)C1CCCCC1. The molecule has 1 nitrogen and oxygen atoms in total. The van der Waals surface area contributed by atoms with Gasteiger partial charge in [-0.05, 0) is 31.9 Å². The van der Waals surface area contributed by atoms with Gasteiger partial charge in [-0.3, -0.25) is 4.21 Å². The van der Waals surface area contributed by atoms with Crippen LogP contribution in [-0.4, -0.2) is 21.0 Å². The van der Waals surface area contributed by atoms with Crippen LogP contribution in [-0.2, 0) is 9.93 Å². The van der Waals surface area contributed by atoms with Crippen molar-refractivity contribution in [3.05, 3.63) is 0 Å². The Hall–Kier alpha value is 0.150. The molecule has 0 saturated heterocycles. The van der Waals surface area contributed by atoms with Gasteiger partial charge in [0.1, 0.15) is 0 Å². The minimum Gasteiger partial charge on any atom is -0.284 e. The second-order valence-corrected chi connectivity index (χ2v) is 9.22. The van der Waals surface area contributed by atoms with Gasteiger partial charge in [-0.1, -0.05) is 38.5 Å². The molecule has 2 aliphatic carbocycles. The van der Waals surface area contributed by atoms with Crippen LogP contribution < -0.4 is 0 Å². The average molecular weight is 230 g/mol. The fraction of sp³-hybridized carbons (Fsp3) is 1.00. The highest BCUT2D eigenvalue weighted by atomic mass is 32.2. The summed E-state index contributed by atoms with van der Waals surface area (Å²) in [6, 6.07) is 0. The first kappa shape index (κ1) is 11.6. The van der Waals surface area contributed by atoms with Gasteiger partial charge in [-0.2, -0.15) is 0 Å². The molecule has 0 aromatic rings. The van der Waals surface area contributed by atoms with Gasteiger partial charge in [0.05, 0.1) is 0 Å². The molecule has 0 aromatic heterocycles. The van der Waals surface area contributed by atoms with Gasteiger partial charge in [0.2, 0.25) is 0 Å². The topological polar surface area (TPSA) is 17.1 Å². The van der Waals surface area contributed by atoms with Crippen molar-refractivity contribution in [2.45, 2.75) is 74.7 Å². The molecule has 90 valence electrons. The highest BCUT2D eigenvalue weighted by molar-refractivity contribution is 8.03. The first-order valence-electron chi connectivity index (χ1n) is 6.78. The van der Waals surface area contributed by atoms with Gasteiger partial charge < -0.3 is 0 Å². The minimum absolute atomic E-state index is 0.592. The first-order valence-corrected chi connectivity index (χ1v) is 9.07. The Morgan fingerprint density at radius 2 is 1.07 bits per heavy atom. The molecule has 2 heteroatoms. The Labute approximate surface area is 95.4 Å². The predicted octanol–water partition coefficient (Wildman–Crippen LogP) is 3.30. The standard InChI is InChI=1S/C13H26OS/c1-15(14,12-8-4-2-5-9-12)13-10-6-3-7-11-13/h12-13,15H,2-11H2,1H3. The molecule has 0 atom stereocenters. The molecule has 0 N–H and O–H groups in total. The fourth-order valence-corrected chi connectivity index (χ4v) is 6.86. The molecule has 0 aliphatic heterocycles. The highest BCUT2D eigenvalue weighted by Gasteiger charge is 2.32. The second-order valence-electron chi connectivity index (χ2n) is 5.64. The lowest BCUT2D eigenvalue weighted by Crippen LogP contribution is -2.40. The van der Waals surface area contributed by atoms with E-state index in [1.165, 1.54) is 64.2 Å².